The van der Waals surface area contributed by atoms with Crippen molar-refractivity contribution in [1.29, 1.82) is 0 Å². The molecule has 0 saturated carbocycles. The van der Waals surface area contributed by atoms with E-state index in [1.165, 1.54) is 0 Å². The van der Waals surface area contributed by atoms with Crippen molar-refractivity contribution < 1.29 is 0 Å². The van der Waals surface area contributed by atoms with Gasteiger partial charge in [-0.25, -0.2) is 9.97 Å². The molecule has 0 aliphatic carbocycles. The van der Waals surface area contributed by atoms with E-state index in [-0.39, 0.29) is 0 Å². The van der Waals surface area contributed by atoms with E-state index in [9.17, 15) is 0 Å². The third kappa shape index (κ3) is 1.20. The first-order chi connectivity index (χ1) is 7.36. The topological polar surface area (TPSA) is 56.7 Å². The summed E-state index contributed by atoms with van der Waals surface area (Å²) in [6, 6.07) is 7.84. The van der Waals surface area contributed by atoms with E-state index in [2.05, 4.69) is 9.97 Å². The van der Waals surface area contributed by atoms with Crippen LogP contribution in [0.25, 0.3) is 16.2 Å². The van der Waals surface area contributed by atoms with Crippen LogP contribution in [0.4, 0.5) is 5.95 Å². The lowest BCUT2D eigenvalue weighted by molar-refractivity contribution is 1.08. The molecule has 0 aliphatic rings. The first-order valence-electron chi connectivity index (χ1n) is 4.49. The lowest BCUT2D eigenvalue weighted by Crippen LogP contribution is -1.99. The Morgan fingerprint density at radius 1 is 1.27 bits per heavy atom. The van der Waals surface area contributed by atoms with Gasteiger partial charge in [-0.15, -0.1) is 11.3 Å². The zero-order chi connectivity index (χ0) is 10.3. The van der Waals surface area contributed by atoms with Crippen molar-refractivity contribution in [3.8, 4) is 5.13 Å². The summed E-state index contributed by atoms with van der Waals surface area (Å²) in [4.78, 5) is 8.51. The van der Waals surface area contributed by atoms with Crippen LogP contribution in [0.15, 0.2) is 35.8 Å². The number of hydrogen-bond donors (Lipinski definition) is 1. The number of hydrogen-bond acceptors (Lipinski definition) is 4. The number of imidazole rings is 1. The first kappa shape index (κ1) is 8.43. The summed E-state index contributed by atoms with van der Waals surface area (Å²) in [6.45, 7) is 0. The van der Waals surface area contributed by atoms with Crippen molar-refractivity contribution in [3.63, 3.8) is 0 Å². The van der Waals surface area contributed by atoms with E-state index in [1.54, 1.807) is 17.5 Å². The molecule has 0 fully saturated rings. The van der Waals surface area contributed by atoms with Crippen LogP contribution in [0.5, 0.6) is 0 Å². The van der Waals surface area contributed by atoms with E-state index in [1.807, 2.05) is 34.2 Å². The summed E-state index contributed by atoms with van der Waals surface area (Å²) in [6.07, 6.45) is 1.76. The minimum absolute atomic E-state index is 0.478. The number of anilines is 1. The van der Waals surface area contributed by atoms with Crippen LogP contribution in [-0.2, 0) is 0 Å². The number of benzene rings is 1. The monoisotopic (exact) mass is 216 g/mol. The van der Waals surface area contributed by atoms with Crippen molar-refractivity contribution >= 4 is 28.3 Å². The van der Waals surface area contributed by atoms with Gasteiger partial charge < -0.3 is 5.73 Å². The number of fused-ring (bicyclic) bond motifs is 1. The molecule has 0 atom stereocenters. The van der Waals surface area contributed by atoms with Gasteiger partial charge in [-0.2, -0.15) is 0 Å². The summed E-state index contributed by atoms with van der Waals surface area (Å²) in [7, 11) is 0. The Labute approximate surface area is 90.0 Å². The van der Waals surface area contributed by atoms with Crippen LogP contribution in [0.3, 0.4) is 0 Å². The van der Waals surface area contributed by atoms with Crippen LogP contribution in [0, 0.1) is 0 Å². The molecule has 1 aromatic carbocycles. The molecule has 5 heteroatoms. The van der Waals surface area contributed by atoms with Gasteiger partial charge in [0, 0.05) is 11.6 Å². The van der Waals surface area contributed by atoms with Crippen molar-refractivity contribution in [2.75, 3.05) is 5.73 Å². The summed E-state index contributed by atoms with van der Waals surface area (Å²) < 4.78 is 1.86. The van der Waals surface area contributed by atoms with Gasteiger partial charge in [0.2, 0.25) is 5.95 Å². The third-order valence-electron chi connectivity index (χ3n) is 2.20. The first-order valence-corrected chi connectivity index (χ1v) is 5.37. The molecule has 4 nitrogen and oxygen atoms in total. The predicted molar refractivity (Wildman–Crippen MR) is 61.2 cm³/mol. The molecule has 0 spiro atoms. The molecule has 15 heavy (non-hydrogen) atoms. The van der Waals surface area contributed by atoms with Crippen LogP contribution >= 0.6 is 11.3 Å². The molecule has 0 saturated heterocycles. The Hall–Kier alpha value is -1.88. The number of nitrogen functional groups attached to an aromatic ring is 1. The van der Waals surface area contributed by atoms with Crippen LogP contribution < -0.4 is 5.73 Å². The number of nitrogens with two attached hydrogens (primary N) is 1. The van der Waals surface area contributed by atoms with Crippen molar-refractivity contribution in [2.24, 2.45) is 0 Å². The van der Waals surface area contributed by atoms with Gasteiger partial charge in [0.15, 0.2) is 5.13 Å². The maximum Gasteiger partial charge on any atom is 0.207 e. The number of rotatable bonds is 1. The zero-order valence-electron chi connectivity index (χ0n) is 7.79. The van der Waals surface area contributed by atoms with Gasteiger partial charge in [-0.05, 0) is 12.1 Å². The van der Waals surface area contributed by atoms with Gasteiger partial charge in [-0.1, -0.05) is 12.1 Å². The Kier molecular flexibility index (Phi) is 1.72. The second-order valence-corrected chi connectivity index (χ2v) is 3.98. The predicted octanol–water partition coefficient (Wildman–Crippen LogP) is 2.06. The van der Waals surface area contributed by atoms with Crippen molar-refractivity contribution in [3.05, 3.63) is 35.8 Å². The number of para-hydroxylation sites is 2. The average molecular weight is 216 g/mol. The fraction of sp³-hybridized carbons (Fsp3) is 0. The summed E-state index contributed by atoms with van der Waals surface area (Å²) in [5.41, 5.74) is 7.75. The Balaban J connectivity index is 2.39. The molecule has 2 heterocycles. The average Bonchev–Trinajstić information content (AvgIpc) is 2.82. The highest BCUT2D eigenvalue weighted by atomic mass is 32.1. The number of thiazole rings is 1. The molecular formula is C10H8N4S. The molecule has 0 radical (unpaired) electrons. The molecule has 3 rings (SSSR count). The maximum absolute atomic E-state index is 5.86. The molecule has 0 unspecified atom stereocenters. The third-order valence-corrected chi connectivity index (χ3v) is 2.95. The highest BCUT2D eigenvalue weighted by molar-refractivity contribution is 7.12. The van der Waals surface area contributed by atoms with Crippen LogP contribution in [0.2, 0.25) is 0 Å². The van der Waals surface area contributed by atoms with E-state index in [0.29, 0.717) is 5.95 Å². The fourth-order valence-corrected chi connectivity index (χ4v) is 2.23. The molecule has 2 N–H and O–H groups in total. The second kappa shape index (κ2) is 3.06. The van der Waals surface area contributed by atoms with E-state index < -0.39 is 0 Å². The van der Waals surface area contributed by atoms with Gasteiger partial charge in [0.25, 0.3) is 0 Å². The molecule has 0 bridgehead atoms. The largest absolute Gasteiger partial charge is 0.369 e. The second-order valence-electron chi connectivity index (χ2n) is 3.11. The molecule has 3 aromatic rings. The molecular weight excluding hydrogens is 208 g/mol. The zero-order valence-corrected chi connectivity index (χ0v) is 8.61. The van der Waals surface area contributed by atoms with Crippen LogP contribution in [-0.4, -0.2) is 14.5 Å². The summed E-state index contributed by atoms with van der Waals surface area (Å²) >= 11 is 1.54. The minimum Gasteiger partial charge on any atom is -0.369 e. The van der Waals surface area contributed by atoms with Gasteiger partial charge in [0.05, 0.1) is 11.0 Å². The minimum atomic E-state index is 0.478. The smallest absolute Gasteiger partial charge is 0.207 e. The molecule has 2 aromatic heterocycles. The van der Waals surface area contributed by atoms with Gasteiger partial charge in [0.1, 0.15) is 0 Å². The molecule has 74 valence electrons. The highest BCUT2D eigenvalue weighted by Gasteiger charge is 2.10. The fourth-order valence-electron chi connectivity index (χ4n) is 1.57. The standard InChI is InChI=1S/C10H8N4S/c11-9-13-7-3-1-2-4-8(7)14(9)10-12-5-6-15-10/h1-6H,(H2,11,13). The lowest BCUT2D eigenvalue weighted by atomic mass is 10.3. The van der Waals surface area contributed by atoms with E-state index in [0.717, 1.165) is 16.2 Å². The Morgan fingerprint density at radius 2 is 2.13 bits per heavy atom. The quantitative estimate of drug-likeness (QED) is 0.677. The van der Waals surface area contributed by atoms with E-state index in [4.69, 9.17) is 5.73 Å². The van der Waals surface area contributed by atoms with E-state index >= 15 is 0 Å². The molecule has 0 amide bonds. The summed E-state index contributed by atoms with van der Waals surface area (Å²) in [5.74, 6) is 0.478. The SMILES string of the molecule is Nc1nc2ccccc2n1-c1nccs1. The highest BCUT2D eigenvalue weighted by Crippen LogP contribution is 2.23. The Morgan fingerprint density at radius 3 is 2.93 bits per heavy atom. The lowest BCUT2D eigenvalue weighted by Gasteiger charge is -1.99. The number of nitrogens with zero attached hydrogens (tertiary/aromatic N) is 3. The molecule has 0 aliphatic heterocycles. The van der Waals surface area contributed by atoms with Crippen LogP contribution in [0.1, 0.15) is 0 Å². The Bertz CT molecular complexity index is 597. The van der Waals surface area contributed by atoms with Crippen molar-refractivity contribution in [1.82, 2.24) is 14.5 Å². The van der Waals surface area contributed by atoms with Gasteiger partial charge >= 0.3 is 0 Å². The summed E-state index contributed by atoms with van der Waals surface area (Å²) in [5, 5.41) is 2.77. The number of aromatic nitrogens is 3. The maximum atomic E-state index is 5.86. The van der Waals surface area contributed by atoms with Gasteiger partial charge in [-0.3, -0.25) is 4.57 Å². The van der Waals surface area contributed by atoms with Crippen molar-refractivity contribution in [2.45, 2.75) is 0 Å². The normalized spacial score (nSPS) is 10.9.